The van der Waals surface area contributed by atoms with Crippen LogP contribution in [0.1, 0.15) is 16.7 Å². The van der Waals surface area contributed by atoms with Gasteiger partial charge in [-0.2, -0.15) is 13.2 Å². The number of nitrogens with two attached hydrogens (primary N) is 1. The summed E-state index contributed by atoms with van der Waals surface area (Å²) in [6.07, 6.45) is -4.06. The molecule has 1 aliphatic heterocycles. The predicted molar refractivity (Wildman–Crippen MR) is 59.5 cm³/mol. The number of benzene rings is 1. The SMILES string of the molecule is NC(=O)Cc1ccc2c(c1)CN(CC(F)(F)F)C2. The van der Waals surface area contributed by atoms with Gasteiger partial charge in [0.05, 0.1) is 13.0 Å². The minimum atomic E-state index is -4.18. The zero-order valence-electron chi connectivity index (χ0n) is 9.63. The average molecular weight is 258 g/mol. The van der Waals surface area contributed by atoms with Crippen molar-refractivity contribution in [2.45, 2.75) is 25.7 Å². The molecular formula is C12H13F3N2O. The van der Waals surface area contributed by atoms with E-state index in [1.165, 1.54) is 4.90 Å². The Balaban J connectivity index is 2.08. The summed E-state index contributed by atoms with van der Waals surface area (Å²) in [7, 11) is 0. The van der Waals surface area contributed by atoms with Crippen molar-refractivity contribution in [1.82, 2.24) is 4.90 Å². The van der Waals surface area contributed by atoms with Crippen molar-refractivity contribution in [3.05, 3.63) is 34.9 Å². The third kappa shape index (κ3) is 3.22. The Labute approximate surface area is 102 Å². The Morgan fingerprint density at radius 1 is 1.28 bits per heavy atom. The summed E-state index contributed by atoms with van der Waals surface area (Å²) < 4.78 is 36.8. The first kappa shape index (κ1) is 12.9. The number of fused-ring (bicyclic) bond motifs is 1. The number of halogens is 3. The maximum absolute atomic E-state index is 12.3. The molecule has 0 atom stereocenters. The van der Waals surface area contributed by atoms with Crippen LogP contribution in [-0.2, 0) is 24.3 Å². The Morgan fingerprint density at radius 3 is 2.56 bits per heavy atom. The lowest BCUT2D eigenvalue weighted by atomic mass is 10.0. The molecule has 2 rings (SSSR count). The monoisotopic (exact) mass is 258 g/mol. The normalized spacial score (nSPS) is 15.7. The van der Waals surface area contributed by atoms with Crippen LogP contribution in [0.15, 0.2) is 18.2 Å². The van der Waals surface area contributed by atoms with E-state index in [0.717, 1.165) is 16.7 Å². The predicted octanol–water partition coefficient (Wildman–Crippen LogP) is 1.59. The quantitative estimate of drug-likeness (QED) is 0.895. The largest absolute Gasteiger partial charge is 0.401 e. The van der Waals surface area contributed by atoms with Gasteiger partial charge >= 0.3 is 6.18 Å². The van der Waals surface area contributed by atoms with Crippen molar-refractivity contribution in [3.8, 4) is 0 Å². The first-order valence-corrected chi connectivity index (χ1v) is 5.51. The molecule has 6 heteroatoms. The smallest absolute Gasteiger partial charge is 0.369 e. The van der Waals surface area contributed by atoms with Crippen molar-refractivity contribution in [3.63, 3.8) is 0 Å². The molecule has 0 unspecified atom stereocenters. The van der Waals surface area contributed by atoms with E-state index < -0.39 is 18.6 Å². The molecule has 3 nitrogen and oxygen atoms in total. The van der Waals surface area contributed by atoms with E-state index in [2.05, 4.69) is 0 Å². The molecule has 1 amide bonds. The van der Waals surface area contributed by atoms with Gasteiger partial charge in [0.15, 0.2) is 0 Å². The number of amides is 1. The van der Waals surface area contributed by atoms with E-state index in [-0.39, 0.29) is 13.0 Å². The van der Waals surface area contributed by atoms with E-state index >= 15 is 0 Å². The van der Waals surface area contributed by atoms with E-state index in [1.807, 2.05) is 0 Å². The summed E-state index contributed by atoms with van der Waals surface area (Å²) in [4.78, 5) is 12.1. The van der Waals surface area contributed by atoms with E-state index in [1.54, 1.807) is 18.2 Å². The fourth-order valence-corrected chi connectivity index (χ4v) is 2.19. The molecule has 1 aromatic carbocycles. The molecule has 1 aliphatic rings. The van der Waals surface area contributed by atoms with Gasteiger partial charge in [-0.05, 0) is 16.7 Å². The molecule has 18 heavy (non-hydrogen) atoms. The van der Waals surface area contributed by atoms with Crippen LogP contribution < -0.4 is 5.73 Å². The number of hydrogen-bond acceptors (Lipinski definition) is 2. The van der Waals surface area contributed by atoms with Crippen molar-refractivity contribution in [1.29, 1.82) is 0 Å². The fraction of sp³-hybridized carbons (Fsp3) is 0.417. The summed E-state index contributed by atoms with van der Waals surface area (Å²) in [5.74, 6) is -0.444. The Morgan fingerprint density at radius 2 is 1.94 bits per heavy atom. The van der Waals surface area contributed by atoms with Crippen molar-refractivity contribution < 1.29 is 18.0 Å². The molecule has 0 saturated heterocycles. The van der Waals surface area contributed by atoms with Gasteiger partial charge in [-0.25, -0.2) is 0 Å². The summed E-state index contributed by atoms with van der Waals surface area (Å²) in [6.45, 7) is -0.347. The second-order valence-electron chi connectivity index (χ2n) is 4.51. The molecule has 0 radical (unpaired) electrons. The molecule has 1 heterocycles. The fourth-order valence-electron chi connectivity index (χ4n) is 2.19. The van der Waals surface area contributed by atoms with Crippen LogP contribution in [0.5, 0.6) is 0 Å². The number of alkyl halides is 3. The van der Waals surface area contributed by atoms with Crippen LogP contribution >= 0.6 is 0 Å². The first-order valence-electron chi connectivity index (χ1n) is 5.51. The topological polar surface area (TPSA) is 46.3 Å². The van der Waals surface area contributed by atoms with Crippen LogP contribution in [0.2, 0.25) is 0 Å². The molecule has 0 aromatic heterocycles. The van der Waals surface area contributed by atoms with Gasteiger partial charge in [-0.15, -0.1) is 0 Å². The van der Waals surface area contributed by atoms with Crippen molar-refractivity contribution in [2.75, 3.05) is 6.54 Å². The second-order valence-corrected chi connectivity index (χ2v) is 4.51. The third-order valence-electron chi connectivity index (χ3n) is 2.84. The lowest BCUT2D eigenvalue weighted by molar-refractivity contribution is -0.147. The summed E-state index contributed by atoms with van der Waals surface area (Å²) in [6, 6.07) is 5.27. The zero-order valence-corrected chi connectivity index (χ0v) is 9.63. The van der Waals surface area contributed by atoms with Gasteiger partial charge in [0.25, 0.3) is 0 Å². The van der Waals surface area contributed by atoms with Gasteiger partial charge in [0, 0.05) is 13.1 Å². The minimum absolute atomic E-state index is 0.118. The number of carbonyl (C=O) groups excluding carboxylic acids is 1. The van der Waals surface area contributed by atoms with Crippen LogP contribution in [0.25, 0.3) is 0 Å². The Bertz CT molecular complexity index is 471. The lowest BCUT2D eigenvalue weighted by Gasteiger charge is -2.16. The highest BCUT2D eigenvalue weighted by atomic mass is 19.4. The van der Waals surface area contributed by atoms with Crippen LogP contribution in [0.4, 0.5) is 13.2 Å². The van der Waals surface area contributed by atoms with E-state index in [4.69, 9.17) is 5.73 Å². The Kier molecular flexibility index (Phi) is 3.30. The molecule has 0 bridgehead atoms. The first-order chi connectivity index (χ1) is 8.33. The highest BCUT2D eigenvalue weighted by Crippen LogP contribution is 2.27. The van der Waals surface area contributed by atoms with E-state index in [0.29, 0.717) is 6.54 Å². The van der Waals surface area contributed by atoms with Gasteiger partial charge in [0.2, 0.25) is 5.91 Å². The number of carbonyl (C=O) groups is 1. The molecule has 2 N–H and O–H groups in total. The number of nitrogens with zero attached hydrogens (tertiary/aromatic N) is 1. The summed E-state index contributed by atoms with van der Waals surface area (Å²) >= 11 is 0. The van der Waals surface area contributed by atoms with Crippen LogP contribution in [-0.4, -0.2) is 23.5 Å². The number of primary amides is 1. The standard InChI is InChI=1S/C12H13F3N2O/c13-12(14,15)7-17-5-9-2-1-8(4-11(16)18)3-10(9)6-17/h1-3H,4-7H2,(H2,16,18). The van der Waals surface area contributed by atoms with E-state index in [9.17, 15) is 18.0 Å². The molecule has 0 fully saturated rings. The Hall–Kier alpha value is -1.56. The van der Waals surface area contributed by atoms with Crippen molar-refractivity contribution >= 4 is 5.91 Å². The van der Waals surface area contributed by atoms with Gasteiger partial charge in [0.1, 0.15) is 0 Å². The number of rotatable bonds is 3. The van der Waals surface area contributed by atoms with Crippen LogP contribution in [0, 0.1) is 0 Å². The van der Waals surface area contributed by atoms with Gasteiger partial charge in [-0.1, -0.05) is 18.2 Å². The summed E-state index contributed by atoms with van der Waals surface area (Å²) in [5.41, 5.74) is 7.55. The highest BCUT2D eigenvalue weighted by molar-refractivity contribution is 5.76. The molecule has 98 valence electrons. The second kappa shape index (κ2) is 4.61. The summed E-state index contributed by atoms with van der Waals surface area (Å²) in [5, 5.41) is 0. The van der Waals surface area contributed by atoms with Crippen LogP contribution in [0.3, 0.4) is 0 Å². The van der Waals surface area contributed by atoms with Gasteiger partial charge in [-0.3, -0.25) is 9.69 Å². The molecular weight excluding hydrogens is 245 g/mol. The average Bonchev–Trinajstić information content (AvgIpc) is 2.54. The number of hydrogen-bond donors (Lipinski definition) is 1. The molecule has 0 aliphatic carbocycles. The maximum atomic E-state index is 12.3. The lowest BCUT2D eigenvalue weighted by Crippen LogP contribution is -2.29. The molecule has 0 saturated carbocycles. The zero-order chi connectivity index (χ0) is 13.3. The highest BCUT2D eigenvalue weighted by Gasteiger charge is 2.33. The third-order valence-corrected chi connectivity index (χ3v) is 2.84. The van der Waals surface area contributed by atoms with Gasteiger partial charge < -0.3 is 5.73 Å². The van der Waals surface area contributed by atoms with Crippen molar-refractivity contribution in [2.24, 2.45) is 5.73 Å². The molecule has 0 spiro atoms. The molecule has 1 aromatic rings. The minimum Gasteiger partial charge on any atom is -0.369 e. The maximum Gasteiger partial charge on any atom is 0.401 e.